The van der Waals surface area contributed by atoms with Crippen LogP contribution in [-0.4, -0.2) is 18.6 Å². The molecule has 0 aliphatic carbocycles. The van der Waals surface area contributed by atoms with Gasteiger partial charge in [0.25, 0.3) is 0 Å². The van der Waals surface area contributed by atoms with Gasteiger partial charge >= 0.3 is 0 Å². The van der Waals surface area contributed by atoms with Crippen LogP contribution in [0.1, 0.15) is 5.56 Å². The molecule has 0 spiro atoms. The van der Waals surface area contributed by atoms with Crippen LogP contribution in [0.5, 0.6) is 5.75 Å². The van der Waals surface area contributed by atoms with Gasteiger partial charge in [0, 0.05) is 39.8 Å². The Morgan fingerprint density at radius 3 is 2.90 bits per heavy atom. The summed E-state index contributed by atoms with van der Waals surface area (Å²) in [6.45, 7) is 7.81. The van der Waals surface area contributed by atoms with Crippen molar-refractivity contribution in [3.63, 3.8) is 0 Å². The summed E-state index contributed by atoms with van der Waals surface area (Å²) >= 11 is 0. The van der Waals surface area contributed by atoms with E-state index in [0.717, 1.165) is 5.70 Å². The van der Waals surface area contributed by atoms with E-state index >= 15 is 0 Å². The second-order valence-electron chi connectivity index (χ2n) is 4.09. The van der Waals surface area contributed by atoms with Crippen LogP contribution in [0.3, 0.4) is 0 Å². The van der Waals surface area contributed by atoms with Crippen molar-refractivity contribution in [2.45, 2.75) is 0 Å². The van der Waals surface area contributed by atoms with Crippen LogP contribution < -0.4 is 4.74 Å². The first-order valence-corrected chi connectivity index (χ1v) is 5.90. The Labute approximate surface area is 144 Å². The summed E-state index contributed by atoms with van der Waals surface area (Å²) in [6, 6.07) is 4.75. The maximum absolute atomic E-state index is 14.1. The van der Waals surface area contributed by atoms with E-state index in [2.05, 4.69) is 19.2 Å². The first-order chi connectivity index (χ1) is 9.15. The number of likely N-dealkylation sites (N-methyl/N-ethyl adjacent to an activating group) is 1. The predicted octanol–water partition coefficient (Wildman–Crippen LogP) is 3.55. The van der Waals surface area contributed by atoms with Crippen LogP contribution in [0.2, 0.25) is 0 Å². The molecule has 0 amide bonds. The molecule has 0 atom stereocenters. The number of halogens is 1. The van der Waals surface area contributed by atoms with Crippen LogP contribution in [0.4, 0.5) is 4.39 Å². The van der Waals surface area contributed by atoms with Gasteiger partial charge in [-0.3, -0.25) is 0 Å². The van der Waals surface area contributed by atoms with Crippen molar-refractivity contribution < 1.29 is 41.8 Å². The average Bonchev–Trinajstić information content (AvgIpc) is 2.40. The van der Waals surface area contributed by atoms with Crippen molar-refractivity contribution in [1.82, 2.24) is 4.90 Å². The molecular formula is C16H15FNOY-. The molecule has 0 bridgehead atoms. The molecule has 0 N–H and O–H groups in total. The summed E-state index contributed by atoms with van der Waals surface area (Å²) in [6.07, 6.45) is 8.19. The van der Waals surface area contributed by atoms with Gasteiger partial charge in [-0.15, -0.1) is 6.08 Å². The van der Waals surface area contributed by atoms with E-state index in [1.54, 1.807) is 29.2 Å². The SMILES string of the molecule is C=CCOc1cccc(F)c1C1=[C-]C=CC(=C)N1C.[Y]. The smallest absolute Gasteiger partial charge is 0.105 e. The Kier molecular flexibility index (Phi) is 6.37. The van der Waals surface area contributed by atoms with Gasteiger partial charge in [0.15, 0.2) is 0 Å². The molecule has 4 heteroatoms. The Morgan fingerprint density at radius 2 is 2.20 bits per heavy atom. The third kappa shape index (κ3) is 3.47. The second-order valence-corrected chi connectivity index (χ2v) is 4.09. The molecule has 1 radical (unpaired) electrons. The molecule has 1 aromatic carbocycles. The van der Waals surface area contributed by atoms with E-state index in [0.29, 0.717) is 23.6 Å². The molecular weight excluding hydrogens is 330 g/mol. The van der Waals surface area contributed by atoms with Gasteiger partial charge in [0.2, 0.25) is 0 Å². The van der Waals surface area contributed by atoms with Gasteiger partial charge in [0.1, 0.15) is 6.61 Å². The number of allylic oxidation sites excluding steroid dienone is 3. The van der Waals surface area contributed by atoms with Crippen molar-refractivity contribution in [3.8, 4) is 5.75 Å². The molecule has 0 saturated heterocycles. The summed E-state index contributed by atoms with van der Waals surface area (Å²) in [5.74, 6) is 0.122. The summed E-state index contributed by atoms with van der Waals surface area (Å²) < 4.78 is 19.6. The fourth-order valence-corrected chi connectivity index (χ4v) is 1.81. The molecule has 0 aromatic heterocycles. The molecule has 1 aliphatic rings. The minimum atomic E-state index is -0.348. The summed E-state index contributed by atoms with van der Waals surface area (Å²) in [7, 11) is 1.82. The van der Waals surface area contributed by atoms with Crippen molar-refractivity contribution in [1.29, 1.82) is 0 Å². The molecule has 1 heterocycles. The molecule has 20 heavy (non-hydrogen) atoms. The van der Waals surface area contributed by atoms with Crippen LogP contribution in [0.15, 0.2) is 55.3 Å². The van der Waals surface area contributed by atoms with Crippen LogP contribution in [-0.2, 0) is 32.7 Å². The van der Waals surface area contributed by atoms with Crippen LogP contribution in [0.25, 0.3) is 5.70 Å². The average molecular weight is 345 g/mol. The van der Waals surface area contributed by atoms with Crippen molar-refractivity contribution >= 4 is 5.70 Å². The van der Waals surface area contributed by atoms with Gasteiger partial charge in [-0.05, 0) is 23.4 Å². The van der Waals surface area contributed by atoms with Gasteiger partial charge < -0.3 is 9.64 Å². The third-order valence-electron chi connectivity index (χ3n) is 2.83. The summed E-state index contributed by atoms with van der Waals surface area (Å²) in [5.41, 5.74) is 1.76. The van der Waals surface area contributed by atoms with E-state index in [1.165, 1.54) is 6.07 Å². The zero-order chi connectivity index (χ0) is 13.8. The zero-order valence-electron chi connectivity index (χ0n) is 11.4. The minimum Gasteiger partial charge on any atom is -0.502 e. The van der Waals surface area contributed by atoms with Crippen LogP contribution >= 0.6 is 0 Å². The molecule has 1 aliphatic heterocycles. The third-order valence-corrected chi connectivity index (χ3v) is 2.83. The normalized spacial score (nSPS) is 13.6. The predicted molar refractivity (Wildman–Crippen MR) is 74.8 cm³/mol. The Hall–Kier alpha value is -1.19. The van der Waals surface area contributed by atoms with Gasteiger partial charge in [-0.2, -0.15) is 12.2 Å². The van der Waals surface area contributed by atoms with Crippen molar-refractivity contribution in [3.05, 3.63) is 72.7 Å². The standard InChI is InChI=1S/C16H15FNO.Y/c1-4-11-19-15-10-6-8-13(17)16(15)14-9-5-7-12(2)18(14)3;/h4-8,10H,1-2,11H2,3H3;/q-1;. The molecule has 1 aromatic rings. The number of nitrogens with zero attached hydrogens (tertiary/aromatic N) is 1. The molecule has 0 fully saturated rings. The fraction of sp³-hybridized carbons (Fsp3) is 0.125. The number of hydrogen-bond acceptors (Lipinski definition) is 2. The van der Waals surface area contributed by atoms with Gasteiger partial charge in [-0.25, -0.2) is 4.39 Å². The number of benzene rings is 1. The number of ether oxygens (including phenoxy) is 1. The van der Waals surface area contributed by atoms with E-state index in [-0.39, 0.29) is 38.5 Å². The molecule has 2 rings (SSSR count). The first kappa shape index (κ1) is 16.9. The molecule has 101 valence electrons. The zero-order valence-corrected chi connectivity index (χ0v) is 14.2. The maximum atomic E-state index is 14.1. The summed E-state index contributed by atoms with van der Waals surface area (Å²) in [5, 5.41) is 0. The van der Waals surface area contributed by atoms with E-state index in [9.17, 15) is 4.39 Å². The van der Waals surface area contributed by atoms with E-state index in [1.807, 2.05) is 13.1 Å². The number of hydrogen-bond donors (Lipinski definition) is 0. The van der Waals surface area contributed by atoms with E-state index < -0.39 is 0 Å². The topological polar surface area (TPSA) is 12.5 Å². The minimum absolute atomic E-state index is 0. The molecule has 0 unspecified atom stereocenters. The first-order valence-electron chi connectivity index (χ1n) is 5.90. The molecule has 2 nitrogen and oxygen atoms in total. The van der Waals surface area contributed by atoms with Crippen molar-refractivity contribution in [2.75, 3.05) is 13.7 Å². The summed E-state index contributed by atoms with van der Waals surface area (Å²) in [4.78, 5) is 1.78. The van der Waals surface area contributed by atoms with E-state index in [4.69, 9.17) is 4.74 Å². The van der Waals surface area contributed by atoms with Crippen molar-refractivity contribution in [2.24, 2.45) is 0 Å². The Balaban J connectivity index is 0.00000200. The van der Waals surface area contributed by atoms with Gasteiger partial charge in [0.05, 0.1) is 11.6 Å². The Bertz CT molecular complexity index is 578. The van der Waals surface area contributed by atoms with Gasteiger partial charge in [-0.1, -0.05) is 31.0 Å². The maximum Gasteiger partial charge on any atom is 0.105 e. The number of rotatable bonds is 4. The Morgan fingerprint density at radius 1 is 1.45 bits per heavy atom. The quantitative estimate of drug-likeness (QED) is 0.611. The van der Waals surface area contributed by atoms with Crippen LogP contribution in [0, 0.1) is 11.9 Å². The molecule has 0 saturated carbocycles. The monoisotopic (exact) mass is 345 g/mol. The largest absolute Gasteiger partial charge is 0.502 e. The second kappa shape index (κ2) is 7.56. The fourth-order valence-electron chi connectivity index (χ4n) is 1.81.